The Bertz CT molecular complexity index is 771. The average Bonchev–Trinajstić information content (AvgIpc) is 2.90. The zero-order valence-corrected chi connectivity index (χ0v) is 13.9. The van der Waals surface area contributed by atoms with Crippen molar-refractivity contribution in [3.63, 3.8) is 0 Å². The molecule has 0 unspecified atom stereocenters. The molecule has 0 saturated carbocycles. The van der Waals surface area contributed by atoms with Gasteiger partial charge in [0.25, 0.3) is 11.8 Å². The molecule has 2 heterocycles. The molecule has 2 aromatic rings. The van der Waals surface area contributed by atoms with Crippen LogP contribution in [0.25, 0.3) is 0 Å². The zero-order chi connectivity index (χ0) is 17.6. The van der Waals surface area contributed by atoms with Crippen molar-refractivity contribution in [2.75, 3.05) is 18.4 Å². The van der Waals surface area contributed by atoms with Crippen LogP contribution in [0.3, 0.4) is 0 Å². The van der Waals surface area contributed by atoms with E-state index in [1.165, 1.54) is 24.3 Å². The van der Waals surface area contributed by atoms with E-state index >= 15 is 0 Å². The van der Waals surface area contributed by atoms with Crippen molar-refractivity contribution < 1.29 is 14.0 Å². The monoisotopic (exact) mass is 341 g/mol. The number of amides is 2. The lowest BCUT2D eigenvalue weighted by Crippen LogP contribution is -2.32. The van der Waals surface area contributed by atoms with Crippen molar-refractivity contribution in [2.24, 2.45) is 0 Å². The van der Waals surface area contributed by atoms with Crippen LogP contribution in [0.1, 0.15) is 46.7 Å². The van der Waals surface area contributed by atoms with Crippen LogP contribution in [0.15, 0.2) is 42.5 Å². The molecule has 1 aromatic heterocycles. The molecule has 0 atom stereocenters. The van der Waals surface area contributed by atoms with E-state index in [-0.39, 0.29) is 17.3 Å². The van der Waals surface area contributed by atoms with Crippen LogP contribution in [0, 0.1) is 5.82 Å². The van der Waals surface area contributed by atoms with E-state index < -0.39 is 11.7 Å². The van der Waals surface area contributed by atoms with Crippen molar-refractivity contribution in [2.45, 2.75) is 25.7 Å². The molecule has 6 heteroatoms. The molecule has 1 aromatic carbocycles. The number of likely N-dealkylation sites (tertiary alicyclic amines) is 1. The summed E-state index contributed by atoms with van der Waals surface area (Å²) in [5.41, 5.74) is 0.731. The molecule has 0 bridgehead atoms. The molecule has 1 aliphatic heterocycles. The van der Waals surface area contributed by atoms with Crippen LogP contribution < -0.4 is 5.32 Å². The van der Waals surface area contributed by atoms with Crippen LogP contribution in [0.4, 0.5) is 10.1 Å². The van der Waals surface area contributed by atoms with E-state index in [1.807, 2.05) is 0 Å². The van der Waals surface area contributed by atoms with Gasteiger partial charge in [0.2, 0.25) is 0 Å². The molecule has 0 radical (unpaired) electrons. The summed E-state index contributed by atoms with van der Waals surface area (Å²) in [7, 11) is 0. The number of nitrogens with zero attached hydrogens (tertiary/aromatic N) is 2. The number of hydrogen-bond donors (Lipinski definition) is 1. The summed E-state index contributed by atoms with van der Waals surface area (Å²) in [4.78, 5) is 30.9. The summed E-state index contributed by atoms with van der Waals surface area (Å²) in [6.07, 6.45) is 4.25. The SMILES string of the molecule is O=C(Nc1cccc(F)c1)c1cccc(C(=O)N2CCCCCC2)n1. The van der Waals surface area contributed by atoms with Gasteiger partial charge in [-0.1, -0.05) is 25.0 Å². The Balaban J connectivity index is 1.74. The molecule has 5 nitrogen and oxygen atoms in total. The van der Waals surface area contributed by atoms with E-state index in [1.54, 1.807) is 23.1 Å². The Morgan fingerprint density at radius 1 is 0.960 bits per heavy atom. The number of benzene rings is 1. The molecular weight excluding hydrogens is 321 g/mol. The van der Waals surface area contributed by atoms with Gasteiger partial charge >= 0.3 is 0 Å². The summed E-state index contributed by atoms with van der Waals surface area (Å²) < 4.78 is 13.2. The lowest BCUT2D eigenvalue weighted by Gasteiger charge is -2.19. The zero-order valence-electron chi connectivity index (χ0n) is 13.9. The first-order valence-corrected chi connectivity index (χ1v) is 8.47. The van der Waals surface area contributed by atoms with Gasteiger partial charge in [-0.25, -0.2) is 9.37 Å². The van der Waals surface area contributed by atoms with Crippen LogP contribution in [-0.4, -0.2) is 34.8 Å². The number of nitrogens with one attached hydrogen (secondary N) is 1. The lowest BCUT2D eigenvalue weighted by atomic mass is 10.2. The molecule has 0 spiro atoms. The molecule has 2 amide bonds. The van der Waals surface area contributed by atoms with Crippen LogP contribution >= 0.6 is 0 Å². The van der Waals surface area contributed by atoms with Gasteiger partial charge in [0.05, 0.1) is 0 Å². The summed E-state index contributed by atoms with van der Waals surface area (Å²) >= 11 is 0. The fraction of sp³-hybridized carbons (Fsp3) is 0.316. The minimum Gasteiger partial charge on any atom is -0.337 e. The second kappa shape index (κ2) is 7.88. The van der Waals surface area contributed by atoms with Gasteiger partial charge in [-0.3, -0.25) is 9.59 Å². The number of rotatable bonds is 3. The van der Waals surface area contributed by atoms with E-state index in [4.69, 9.17) is 0 Å². The maximum absolute atomic E-state index is 13.2. The number of anilines is 1. The topological polar surface area (TPSA) is 62.3 Å². The van der Waals surface area contributed by atoms with Crippen molar-refractivity contribution in [1.29, 1.82) is 0 Å². The van der Waals surface area contributed by atoms with Gasteiger partial charge in [0, 0.05) is 18.8 Å². The van der Waals surface area contributed by atoms with Crippen molar-refractivity contribution in [1.82, 2.24) is 9.88 Å². The second-order valence-corrected chi connectivity index (χ2v) is 6.08. The standard InChI is InChI=1S/C19H20FN3O2/c20-14-7-5-8-15(13-14)21-18(24)16-9-6-10-17(22-16)19(25)23-11-3-1-2-4-12-23/h5-10,13H,1-4,11-12H2,(H,21,24). The summed E-state index contributed by atoms with van der Waals surface area (Å²) in [5, 5.41) is 2.59. The number of carbonyl (C=O) groups is 2. The molecule has 1 aliphatic rings. The highest BCUT2D eigenvalue weighted by atomic mass is 19.1. The predicted octanol–water partition coefficient (Wildman–Crippen LogP) is 3.49. The number of hydrogen-bond acceptors (Lipinski definition) is 3. The highest BCUT2D eigenvalue weighted by Gasteiger charge is 2.19. The fourth-order valence-electron chi connectivity index (χ4n) is 2.88. The third kappa shape index (κ3) is 4.41. The summed E-state index contributed by atoms with van der Waals surface area (Å²) in [5.74, 6) is -1.06. The first kappa shape index (κ1) is 17.1. The molecule has 1 fully saturated rings. The molecule has 3 rings (SSSR count). The molecule has 130 valence electrons. The Labute approximate surface area is 145 Å². The normalized spacial score (nSPS) is 14.7. The minimum absolute atomic E-state index is 0.130. The summed E-state index contributed by atoms with van der Waals surface area (Å²) in [6, 6.07) is 10.4. The van der Waals surface area contributed by atoms with E-state index in [0.717, 1.165) is 38.8 Å². The first-order valence-electron chi connectivity index (χ1n) is 8.47. The van der Waals surface area contributed by atoms with Gasteiger partial charge in [-0.15, -0.1) is 0 Å². The molecule has 0 aliphatic carbocycles. The lowest BCUT2D eigenvalue weighted by molar-refractivity contribution is 0.0755. The quantitative estimate of drug-likeness (QED) is 0.929. The second-order valence-electron chi connectivity index (χ2n) is 6.08. The van der Waals surface area contributed by atoms with Crippen molar-refractivity contribution in [3.05, 3.63) is 59.7 Å². The van der Waals surface area contributed by atoms with Gasteiger partial charge in [-0.2, -0.15) is 0 Å². The largest absolute Gasteiger partial charge is 0.337 e. The predicted molar refractivity (Wildman–Crippen MR) is 93.0 cm³/mol. The number of aromatic nitrogens is 1. The fourth-order valence-corrected chi connectivity index (χ4v) is 2.88. The maximum atomic E-state index is 13.2. The Morgan fingerprint density at radius 2 is 1.64 bits per heavy atom. The van der Waals surface area contributed by atoms with Crippen LogP contribution in [-0.2, 0) is 0 Å². The average molecular weight is 341 g/mol. The molecule has 1 saturated heterocycles. The number of carbonyl (C=O) groups excluding carboxylic acids is 2. The minimum atomic E-state index is -0.476. The molecule has 25 heavy (non-hydrogen) atoms. The highest BCUT2D eigenvalue weighted by molar-refractivity contribution is 6.03. The molecular formula is C19H20FN3O2. The van der Waals surface area contributed by atoms with Gasteiger partial charge in [0.15, 0.2) is 0 Å². The van der Waals surface area contributed by atoms with E-state index in [9.17, 15) is 14.0 Å². The third-order valence-electron chi connectivity index (χ3n) is 4.18. The maximum Gasteiger partial charge on any atom is 0.274 e. The first-order chi connectivity index (χ1) is 12.1. The van der Waals surface area contributed by atoms with Crippen LogP contribution in [0.5, 0.6) is 0 Å². The Morgan fingerprint density at radius 3 is 2.36 bits per heavy atom. The highest BCUT2D eigenvalue weighted by Crippen LogP contribution is 2.14. The number of pyridine rings is 1. The smallest absolute Gasteiger partial charge is 0.274 e. The summed E-state index contributed by atoms with van der Waals surface area (Å²) in [6.45, 7) is 1.44. The third-order valence-corrected chi connectivity index (χ3v) is 4.18. The van der Waals surface area contributed by atoms with Crippen molar-refractivity contribution >= 4 is 17.5 Å². The Kier molecular flexibility index (Phi) is 5.38. The van der Waals surface area contributed by atoms with Crippen molar-refractivity contribution in [3.8, 4) is 0 Å². The molecule has 1 N–H and O–H groups in total. The van der Waals surface area contributed by atoms with E-state index in [0.29, 0.717) is 5.69 Å². The van der Waals surface area contributed by atoms with Gasteiger partial charge in [-0.05, 0) is 43.2 Å². The van der Waals surface area contributed by atoms with E-state index in [2.05, 4.69) is 10.3 Å². The van der Waals surface area contributed by atoms with Gasteiger partial charge < -0.3 is 10.2 Å². The number of halogens is 1. The van der Waals surface area contributed by atoms with Gasteiger partial charge in [0.1, 0.15) is 17.2 Å². The Hall–Kier alpha value is -2.76. The van der Waals surface area contributed by atoms with Crippen LogP contribution in [0.2, 0.25) is 0 Å².